The first-order valence-electron chi connectivity index (χ1n) is 8.58. The van der Waals surface area contributed by atoms with Crippen LogP contribution in [-0.2, 0) is 4.79 Å². The number of methoxy groups -OCH3 is 2. The fraction of sp³-hybridized carbons (Fsp3) is 0.238. The molecule has 1 aliphatic heterocycles. The zero-order valence-electron chi connectivity index (χ0n) is 14.8. The van der Waals surface area contributed by atoms with Gasteiger partial charge in [0.25, 0.3) is 0 Å². The van der Waals surface area contributed by atoms with Crippen LogP contribution in [0.2, 0.25) is 0 Å². The van der Waals surface area contributed by atoms with Gasteiger partial charge >= 0.3 is 0 Å². The van der Waals surface area contributed by atoms with Crippen molar-refractivity contribution < 1.29 is 14.3 Å². The van der Waals surface area contributed by atoms with Crippen molar-refractivity contribution in [3.05, 3.63) is 59.3 Å². The molecule has 0 unspecified atom stereocenters. The number of fused-ring (bicyclic) bond motifs is 1. The molecular formula is C21H20N2O3. The lowest BCUT2D eigenvalue weighted by Gasteiger charge is -2.27. The van der Waals surface area contributed by atoms with E-state index in [1.54, 1.807) is 20.4 Å². The van der Waals surface area contributed by atoms with Gasteiger partial charge in [-0.3, -0.25) is 9.79 Å². The molecule has 2 aromatic rings. The number of nitrogens with one attached hydrogen (secondary N) is 1. The number of nitrogens with zero attached hydrogens (tertiary/aromatic N) is 1. The highest BCUT2D eigenvalue weighted by atomic mass is 16.5. The molecule has 132 valence electrons. The average Bonchev–Trinajstić information content (AvgIpc) is 2.86. The fourth-order valence-corrected chi connectivity index (χ4v) is 3.56. The maximum atomic E-state index is 12.8. The number of rotatable bonds is 3. The molecule has 0 radical (unpaired) electrons. The SMILES string of the molecule is COc1ccc([C@@H]2CC(=O)C3=C(C2)Nc2ccccc2N=C3)c(OC)c1. The first kappa shape index (κ1) is 16.4. The molecule has 1 N–H and O–H groups in total. The van der Waals surface area contributed by atoms with Crippen LogP contribution in [0.4, 0.5) is 11.4 Å². The van der Waals surface area contributed by atoms with E-state index in [1.807, 2.05) is 42.5 Å². The molecule has 1 aliphatic carbocycles. The lowest BCUT2D eigenvalue weighted by atomic mass is 9.81. The first-order chi connectivity index (χ1) is 12.7. The summed E-state index contributed by atoms with van der Waals surface area (Å²) in [4.78, 5) is 17.3. The molecule has 1 atom stereocenters. The number of benzene rings is 2. The van der Waals surface area contributed by atoms with Gasteiger partial charge in [0.15, 0.2) is 5.78 Å². The predicted molar refractivity (Wildman–Crippen MR) is 102 cm³/mol. The molecule has 0 fully saturated rings. The van der Waals surface area contributed by atoms with Gasteiger partial charge in [-0.2, -0.15) is 0 Å². The van der Waals surface area contributed by atoms with Gasteiger partial charge in [0, 0.05) is 30.3 Å². The molecule has 2 aromatic carbocycles. The molecule has 5 nitrogen and oxygen atoms in total. The first-order valence-corrected chi connectivity index (χ1v) is 8.58. The van der Waals surface area contributed by atoms with Gasteiger partial charge in [0.05, 0.1) is 31.2 Å². The summed E-state index contributed by atoms with van der Waals surface area (Å²) < 4.78 is 10.8. The summed E-state index contributed by atoms with van der Waals surface area (Å²) in [7, 11) is 3.27. The van der Waals surface area contributed by atoms with E-state index in [2.05, 4.69) is 10.3 Å². The molecule has 0 saturated heterocycles. The lowest BCUT2D eigenvalue weighted by Crippen LogP contribution is -2.22. The number of hydrogen-bond acceptors (Lipinski definition) is 5. The Balaban J connectivity index is 1.69. The van der Waals surface area contributed by atoms with Crippen molar-refractivity contribution in [1.29, 1.82) is 0 Å². The summed E-state index contributed by atoms with van der Waals surface area (Å²) in [5.41, 5.74) is 4.37. The summed E-state index contributed by atoms with van der Waals surface area (Å²) in [6, 6.07) is 13.6. The smallest absolute Gasteiger partial charge is 0.166 e. The normalized spacial score (nSPS) is 18.5. The second-order valence-corrected chi connectivity index (χ2v) is 6.43. The molecule has 2 aliphatic rings. The van der Waals surface area contributed by atoms with Gasteiger partial charge in [-0.1, -0.05) is 18.2 Å². The molecular weight excluding hydrogens is 328 g/mol. The number of carbonyl (C=O) groups is 1. The number of allylic oxidation sites excluding steroid dienone is 2. The van der Waals surface area contributed by atoms with Crippen molar-refractivity contribution in [3.8, 4) is 11.5 Å². The number of anilines is 1. The highest BCUT2D eigenvalue weighted by Crippen LogP contribution is 2.41. The second-order valence-electron chi connectivity index (χ2n) is 6.43. The summed E-state index contributed by atoms with van der Waals surface area (Å²) >= 11 is 0. The van der Waals surface area contributed by atoms with Crippen molar-refractivity contribution in [2.75, 3.05) is 19.5 Å². The molecule has 0 amide bonds. The Morgan fingerprint density at radius 1 is 1.08 bits per heavy atom. The van der Waals surface area contributed by atoms with Crippen LogP contribution in [0.15, 0.2) is 58.7 Å². The van der Waals surface area contributed by atoms with Crippen LogP contribution in [0, 0.1) is 0 Å². The Bertz CT molecular complexity index is 931. The number of aliphatic imine (C=N–C) groups is 1. The molecule has 26 heavy (non-hydrogen) atoms. The van der Waals surface area contributed by atoms with Crippen molar-refractivity contribution in [2.45, 2.75) is 18.8 Å². The average molecular weight is 348 g/mol. The Kier molecular flexibility index (Phi) is 4.21. The molecule has 4 rings (SSSR count). The third-order valence-corrected chi connectivity index (χ3v) is 4.91. The summed E-state index contributed by atoms with van der Waals surface area (Å²) in [5, 5.41) is 3.42. The number of carbonyl (C=O) groups excluding carboxylic acids is 1. The highest BCUT2D eigenvalue weighted by molar-refractivity contribution is 6.16. The van der Waals surface area contributed by atoms with E-state index in [-0.39, 0.29) is 11.7 Å². The molecule has 0 aromatic heterocycles. The van der Waals surface area contributed by atoms with Crippen LogP contribution in [0.25, 0.3) is 0 Å². The maximum absolute atomic E-state index is 12.8. The van der Waals surface area contributed by atoms with Gasteiger partial charge in [-0.05, 0) is 30.2 Å². The maximum Gasteiger partial charge on any atom is 0.166 e. The minimum atomic E-state index is 0.0493. The van der Waals surface area contributed by atoms with Gasteiger partial charge in [-0.25, -0.2) is 0 Å². The Morgan fingerprint density at radius 3 is 2.73 bits per heavy atom. The van der Waals surface area contributed by atoms with E-state index in [9.17, 15) is 4.79 Å². The van der Waals surface area contributed by atoms with Gasteiger partial charge in [0.2, 0.25) is 0 Å². The number of hydrogen-bond donors (Lipinski definition) is 1. The van der Waals surface area contributed by atoms with Gasteiger partial charge < -0.3 is 14.8 Å². The zero-order valence-corrected chi connectivity index (χ0v) is 14.8. The van der Waals surface area contributed by atoms with Crippen LogP contribution in [-0.4, -0.2) is 26.2 Å². The Hall–Kier alpha value is -3.08. The van der Waals surface area contributed by atoms with Crippen LogP contribution in [0.5, 0.6) is 11.5 Å². The monoisotopic (exact) mass is 348 g/mol. The largest absolute Gasteiger partial charge is 0.497 e. The summed E-state index contributed by atoms with van der Waals surface area (Å²) in [6.45, 7) is 0. The minimum absolute atomic E-state index is 0.0493. The van der Waals surface area contributed by atoms with E-state index in [1.165, 1.54) is 0 Å². The Morgan fingerprint density at radius 2 is 1.92 bits per heavy atom. The fourth-order valence-electron chi connectivity index (χ4n) is 3.56. The van der Waals surface area contributed by atoms with Gasteiger partial charge in [-0.15, -0.1) is 0 Å². The van der Waals surface area contributed by atoms with E-state index in [4.69, 9.17) is 9.47 Å². The number of para-hydroxylation sites is 2. The van der Waals surface area contributed by atoms with E-state index in [0.29, 0.717) is 12.0 Å². The molecule has 0 spiro atoms. The zero-order chi connectivity index (χ0) is 18.1. The minimum Gasteiger partial charge on any atom is -0.497 e. The molecule has 0 bridgehead atoms. The van der Waals surface area contributed by atoms with Crippen molar-refractivity contribution in [3.63, 3.8) is 0 Å². The molecule has 5 heteroatoms. The second kappa shape index (κ2) is 6.67. The standard InChI is InChI=1S/C21H20N2O3/c1-25-14-7-8-15(21(11-14)26-2)13-9-19-16(20(24)10-13)12-22-17-5-3-4-6-18(17)23-19/h3-8,11-13,23H,9-10H2,1-2H3/t13-/m0/s1. The van der Waals surface area contributed by atoms with Crippen molar-refractivity contribution in [1.82, 2.24) is 0 Å². The van der Waals surface area contributed by atoms with E-state index in [0.717, 1.165) is 40.6 Å². The third-order valence-electron chi connectivity index (χ3n) is 4.91. The summed E-state index contributed by atoms with van der Waals surface area (Å²) in [6.07, 6.45) is 2.85. The number of ether oxygens (including phenoxy) is 2. The number of Topliss-reactive ketones (excluding diaryl/α,β-unsaturated/α-hetero) is 1. The van der Waals surface area contributed by atoms with Crippen molar-refractivity contribution >= 4 is 23.4 Å². The van der Waals surface area contributed by atoms with Crippen LogP contribution < -0.4 is 14.8 Å². The number of ketones is 1. The lowest BCUT2D eigenvalue weighted by molar-refractivity contribution is -0.115. The molecule has 1 heterocycles. The van der Waals surface area contributed by atoms with Crippen LogP contribution >= 0.6 is 0 Å². The van der Waals surface area contributed by atoms with E-state index < -0.39 is 0 Å². The van der Waals surface area contributed by atoms with Gasteiger partial charge in [0.1, 0.15) is 11.5 Å². The predicted octanol–water partition coefficient (Wildman–Crippen LogP) is 4.23. The highest BCUT2D eigenvalue weighted by Gasteiger charge is 2.31. The van der Waals surface area contributed by atoms with E-state index >= 15 is 0 Å². The topological polar surface area (TPSA) is 59.9 Å². The third kappa shape index (κ3) is 2.86. The molecule has 0 saturated carbocycles. The van der Waals surface area contributed by atoms with Crippen molar-refractivity contribution in [2.24, 2.45) is 4.99 Å². The van der Waals surface area contributed by atoms with Crippen LogP contribution in [0.3, 0.4) is 0 Å². The quantitative estimate of drug-likeness (QED) is 0.902. The Labute approximate surface area is 152 Å². The van der Waals surface area contributed by atoms with Crippen LogP contribution in [0.1, 0.15) is 24.3 Å². The summed E-state index contributed by atoms with van der Waals surface area (Å²) in [5.74, 6) is 1.63.